The molecule has 0 N–H and O–H groups in total. The van der Waals surface area contributed by atoms with Crippen molar-refractivity contribution in [2.24, 2.45) is 0 Å². The van der Waals surface area contributed by atoms with Crippen molar-refractivity contribution in [1.82, 2.24) is 14.5 Å². The summed E-state index contributed by atoms with van der Waals surface area (Å²) in [6.45, 7) is 8.00. The molecule has 1 fully saturated rings. The SMILES string of the molecule is Cc1cc(C(=O)N2CCN(c3ccccc3)CC2)c(C)n1Cc1ccccn1. The van der Waals surface area contributed by atoms with Crippen molar-refractivity contribution in [1.29, 1.82) is 0 Å². The predicted molar refractivity (Wildman–Crippen MR) is 112 cm³/mol. The predicted octanol–water partition coefficient (Wildman–Crippen LogP) is 3.51. The molecular formula is C23H26N4O. The van der Waals surface area contributed by atoms with Gasteiger partial charge in [0.15, 0.2) is 0 Å². The van der Waals surface area contributed by atoms with E-state index in [9.17, 15) is 4.79 Å². The summed E-state index contributed by atoms with van der Waals surface area (Å²) in [7, 11) is 0. The zero-order valence-corrected chi connectivity index (χ0v) is 16.5. The number of hydrogen-bond acceptors (Lipinski definition) is 3. The second kappa shape index (κ2) is 7.89. The smallest absolute Gasteiger partial charge is 0.255 e. The van der Waals surface area contributed by atoms with E-state index in [0.29, 0.717) is 6.54 Å². The summed E-state index contributed by atoms with van der Waals surface area (Å²) in [5, 5.41) is 0. The molecule has 0 aliphatic carbocycles. The monoisotopic (exact) mass is 374 g/mol. The average molecular weight is 374 g/mol. The van der Waals surface area contributed by atoms with Gasteiger partial charge in [-0.15, -0.1) is 0 Å². The summed E-state index contributed by atoms with van der Waals surface area (Å²) < 4.78 is 2.18. The maximum Gasteiger partial charge on any atom is 0.255 e. The fourth-order valence-electron chi connectivity index (χ4n) is 3.89. The van der Waals surface area contributed by atoms with Gasteiger partial charge in [0.25, 0.3) is 5.91 Å². The van der Waals surface area contributed by atoms with E-state index in [2.05, 4.69) is 45.6 Å². The first-order chi connectivity index (χ1) is 13.6. The molecule has 5 heteroatoms. The fourth-order valence-corrected chi connectivity index (χ4v) is 3.89. The molecule has 0 radical (unpaired) electrons. The number of benzene rings is 1. The molecule has 0 saturated carbocycles. The van der Waals surface area contributed by atoms with Gasteiger partial charge >= 0.3 is 0 Å². The molecule has 0 atom stereocenters. The third kappa shape index (κ3) is 3.65. The minimum atomic E-state index is 0.132. The van der Waals surface area contributed by atoms with Crippen LogP contribution in [0.1, 0.15) is 27.4 Å². The first-order valence-electron chi connectivity index (χ1n) is 9.79. The molecule has 1 aliphatic heterocycles. The number of amides is 1. The molecule has 28 heavy (non-hydrogen) atoms. The Hall–Kier alpha value is -3.08. The number of para-hydroxylation sites is 1. The first-order valence-corrected chi connectivity index (χ1v) is 9.79. The molecule has 144 valence electrons. The van der Waals surface area contributed by atoms with Crippen molar-refractivity contribution in [2.45, 2.75) is 20.4 Å². The molecule has 0 bridgehead atoms. The summed E-state index contributed by atoms with van der Waals surface area (Å²) in [4.78, 5) is 21.9. The van der Waals surface area contributed by atoms with Crippen LogP contribution in [0.4, 0.5) is 5.69 Å². The highest BCUT2D eigenvalue weighted by molar-refractivity contribution is 5.96. The number of anilines is 1. The highest BCUT2D eigenvalue weighted by atomic mass is 16.2. The van der Waals surface area contributed by atoms with Gasteiger partial charge in [-0.25, -0.2) is 0 Å². The Balaban J connectivity index is 1.46. The van der Waals surface area contributed by atoms with E-state index in [1.165, 1.54) is 5.69 Å². The highest BCUT2D eigenvalue weighted by Crippen LogP contribution is 2.21. The molecule has 0 spiro atoms. The van der Waals surface area contributed by atoms with Crippen LogP contribution in [0.2, 0.25) is 0 Å². The number of carbonyl (C=O) groups is 1. The maximum absolute atomic E-state index is 13.2. The molecule has 2 aromatic heterocycles. The van der Waals surface area contributed by atoms with Crippen LogP contribution in [0.15, 0.2) is 60.8 Å². The number of hydrogen-bond donors (Lipinski definition) is 0. The lowest BCUT2D eigenvalue weighted by molar-refractivity contribution is 0.0746. The normalized spacial score (nSPS) is 14.4. The number of piperazine rings is 1. The number of aryl methyl sites for hydroxylation is 1. The minimum Gasteiger partial charge on any atom is -0.368 e. The van der Waals surface area contributed by atoms with Crippen molar-refractivity contribution >= 4 is 11.6 Å². The van der Waals surface area contributed by atoms with Crippen LogP contribution in [0.3, 0.4) is 0 Å². The molecule has 1 saturated heterocycles. The molecular weight excluding hydrogens is 348 g/mol. The standard InChI is InChI=1S/C23H26N4O/c1-18-16-22(19(2)27(18)17-20-8-6-7-11-24-20)23(28)26-14-12-25(13-15-26)21-9-4-3-5-10-21/h3-11,16H,12-15,17H2,1-2H3. The average Bonchev–Trinajstić information content (AvgIpc) is 3.03. The topological polar surface area (TPSA) is 41.4 Å². The van der Waals surface area contributed by atoms with Gasteiger partial charge in [-0.1, -0.05) is 24.3 Å². The second-order valence-corrected chi connectivity index (χ2v) is 7.31. The first kappa shape index (κ1) is 18.3. The number of carbonyl (C=O) groups excluding carboxylic acids is 1. The molecule has 3 heterocycles. The van der Waals surface area contributed by atoms with Crippen LogP contribution >= 0.6 is 0 Å². The lowest BCUT2D eigenvalue weighted by Gasteiger charge is -2.36. The largest absolute Gasteiger partial charge is 0.368 e. The highest BCUT2D eigenvalue weighted by Gasteiger charge is 2.25. The Kier molecular flexibility index (Phi) is 5.15. The van der Waals surface area contributed by atoms with Crippen LogP contribution in [0.25, 0.3) is 0 Å². The van der Waals surface area contributed by atoms with E-state index in [-0.39, 0.29) is 5.91 Å². The van der Waals surface area contributed by atoms with Crippen molar-refractivity contribution < 1.29 is 4.79 Å². The summed E-state index contributed by atoms with van der Waals surface area (Å²) in [5.41, 5.74) is 5.14. The number of rotatable bonds is 4. The number of pyridine rings is 1. The van der Waals surface area contributed by atoms with Crippen LogP contribution < -0.4 is 4.90 Å². The Morgan fingerprint density at radius 1 is 0.964 bits per heavy atom. The summed E-state index contributed by atoms with van der Waals surface area (Å²) in [5.74, 6) is 0.132. The Bertz CT molecular complexity index is 941. The van der Waals surface area contributed by atoms with E-state index >= 15 is 0 Å². The zero-order valence-electron chi connectivity index (χ0n) is 16.5. The second-order valence-electron chi connectivity index (χ2n) is 7.31. The van der Waals surface area contributed by atoms with Crippen LogP contribution in [0, 0.1) is 13.8 Å². The van der Waals surface area contributed by atoms with Gasteiger partial charge in [0.1, 0.15) is 0 Å². The van der Waals surface area contributed by atoms with Gasteiger partial charge in [0, 0.05) is 49.5 Å². The molecule has 3 aromatic rings. The number of nitrogens with zero attached hydrogens (tertiary/aromatic N) is 4. The van der Waals surface area contributed by atoms with Crippen LogP contribution in [-0.4, -0.2) is 46.5 Å². The quantitative estimate of drug-likeness (QED) is 0.702. The van der Waals surface area contributed by atoms with Crippen molar-refractivity contribution in [3.05, 3.63) is 83.4 Å². The van der Waals surface area contributed by atoms with Gasteiger partial charge in [-0.3, -0.25) is 9.78 Å². The van der Waals surface area contributed by atoms with E-state index in [0.717, 1.165) is 48.8 Å². The van der Waals surface area contributed by atoms with Crippen LogP contribution in [-0.2, 0) is 6.54 Å². The van der Waals surface area contributed by atoms with E-state index in [1.807, 2.05) is 48.4 Å². The molecule has 4 rings (SSSR count). The van der Waals surface area contributed by atoms with Crippen molar-refractivity contribution in [3.63, 3.8) is 0 Å². The van der Waals surface area contributed by atoms with Gasteiger partial charge in [-0.2, -0.15) is 0 Å². The van der Waals surface area contributed by atoms with E-state index in [1.54, 1.807) is 0 Å². The Labute approximate surface area is 166 Å². The van der Waals surface area contributed by atoms with Crippen molar-refractivity contribution in [3.8, 4) is 0 Å². The summed E-state index contributed by atoms with van der Waals surface area (Å²) in [6.07, 6.45) is 1.81. The Morgan fingerprint density at radius 3 is 2.36 bits per heavy atom. The molecule has 1 amide bonds. The summed E-state index contributed by atoms with van der Waals surface area (Å²) >= 11 is 0. The number of aromatic nitrogens is 2. The fraction of sp³-hybridized carbons (Fsp3) is 0.304. The third-order valence-electron chi connectivity index (χ3n) is 5.54. The van der Waals surface area contributed by atoms with Gasteiger partial charge < -0.3 is 14.4 Å². The lowest BCUT2D eigenvalue weighted by Crippen LogP contribution is -2.48. The third-order valence-corrected chi connectivity index (χ3v) is 5.54. The van der Waals surface area contributed by atoms with E-state index < -0.39 is 0 Å². The van der Waals surface area contributed by atoms with Crippen LogP contribution in [0.5, 0.6) is 0 Å². The minimum absolute atomic E-state index is 0.132. The van der Waals surface area contributed by atoms with Gasteiger partial charge in [0.05, 0.1) is 17.8 Å². The van der Waals surface area contributed by atoms with Gasteiger partial charge in [-0.05, 0) is 44.2 Å². The summed E-state index contributed by atoms with van der Waals surface area (Å²) in [6, 6.07) is 18.4. The van der Waals surface area contributed by atoms with Gasteiger partial charge in [0.2, 0.25) is 0 Å². The Morgan fingerprint density at radius 2 is 1.68 bits per heavy atom. The molecule has 5 nitrogen and oxygen atoms in total. The zero-order chi connectivity index (χ0) is 19.5. The molecule has 1 aliphatic rings. The van der Waals surface area contributed by atoms with E-state index in [4.69, 9.17) is 0 Å². The van der Waals surface area contributed by atoms with Crippen molar-refractivity contribution in [2.75, 3.05) is 31.1 Å². The lowest BCUT2D eigenvalue weighted by atomic mass is 10.2. The molecule has 1 aromatic carbocycles. The molecule has 0 unspecified atom stereocenters. The maximum atomic E-state index is 13.2.